The van der Waals surface area contributed by atoms with Crippen LogP contribution in [0.5, 0.6) is 17.6 Å². The summed E-state index contributed by atoms with van der Waals surface area (Å²) in [7, 11) is 1.52. The summed E-state index contributed by atoms with van der Waals surface area (Å²) in [6, 6.07) is 3.76. The Hall–Kier alpha value is -2.12. The van der Waals surface area contributed by atoms with Crippen molar-refractivity contribution in [1.82, 2.24) is 9.97 Å². The summed E-state index contributed by atoms with van der Waals surface area (Å²) in [5, 5.41) is 18.0. The summed E-state index contributed by atoms with van der Waals surface area (Å²) >= 11 is 11.4. The molecule has 7 nitrogen and oxygen atoms in total. The summed E-state index contributed by atoms with van der Waals surface area (Å²) in [6.07, 6.45) is 0. The molecule has 1 heterocycles. The van der Waals surface area contributed by atoms with Gasteiger partial charge in [0.25, 0.3) is 0 Å². The molecule has 2 rings (SSSR count). The van der Waals surface area contributed by atoms with Gasteiger partial charge in [-0.3, -0.25) is 0 Å². The van der Waals surface area contributed by atoms with Crippen molar-refractivity contribution in [3.8, 4) is 17.6 Å². The van der Waals surface area contributed by atoms with E-state index in [0.29, 0.717) is 21.5 Å². The second-order valence-electron chi connectivity index (χ2n) is 3.46. The predicted molar refractivity (Wildman–Crippen MR) is 77.2 cm³/mol. The van der Waals surface area contributed by atoms with Gasteiger partial charge >= 0.3 is 6.01 Å². The van der Waals surface area contributed by atoms with Crippen LogP contribution in [-0.2, 0) is 0 Å². The number of nitrogens with two attached hydrogens (primary N) is 2. The average Bonchev–Trinajstić information content (AvgIpc) is 2.32. The monoisotopic (exact) mass is 318 g/mol. The summed E-state index contributed by atoms with van der Waals surface area (Å²) in [6.45, 7) is 0. The maximum atomic E-state index is 8.60. The predicted octanol–water partition coefficient (Wildman–Crippen LogP) is 2.05. The summed E-state index contributed by atoms with van der Waals surface area (Å²) in [4.78, 5) is 6.45. The highest BCUT2D eigenvalue weighted by molar-refractivity contribution is 6.42. The van der Waals surface area contributed by atoms with Crippen LogP contribution in [0, 0.1) is 0 Å². The molecule has 9 heteroatoms. The van der Waals surface area contributed by atoms with E-state index in [2.05, 4.69) is 9.97 Å². The number of hydrogen-bond donors (Lipinski definition) is 4. The largest absolute Gasteiger partial charge is 0.495 e. The first-order chi connectivity index (χ1) is 9.33. The maximum Gasteiger partial charge on any atom is 0.319 e. The molecule has 1 aromatic carbocycles. The fraction of sp³-hybridized carbons (Fsp3) is 0.0909. The Labute approximate surface area is 124 Å². The van der Waals surface area contributed by atoms with Crippen molar-refractivity contribution in [2.75, 3.05) is 18.6 Å². The van der Waals surface area contributed by atoms with Crippen LogP contribution in [0.15, 0.2) is 18.2 Å². The number of anilines is 2. The Kier molecular flexibility index (Phi) is 5.48. The summed E-state index contributed by atoms with van der Waals surface area (Å²) in [5.41, 5.74) is 11.1. The molecule has 1 aromatic heterocycles. The van der Waals surface area contributed by atoms with Gasteiger partial charge in [-0.15, -0.1) is 0 Å². The van der Waals surface area contributed by atoms with Gasteiger partial charge in [-0.2, -0.15) is 9.97 Å². The first-order valence-corrected chi connectivity index (χ1v) is 5.90. The minimum atomic E-state index is -0.521. The lowest BCUT2D eigenvalue weighted by molar-refractivity contribution is 0.398. The number of methoxy groups -OCH3 is 1. The van der Waals surface area contributed by atoms with Crippen LogP contribution in [0.1, 0.15) is 0 Å². The number of ether oxygens (including phenoxy) is 1. The number of aromatic nitrogens is 2. The Balaban J connectivity index is 0.000000204. The number of halogens is 2. The molecule has 0 radical (unpaired) electrons. The molecule has 0 atom stereocenters. The number of nitrogens with zero attached hydrogens (tertiary/aromatic N) is 2. The van der Waals surface area contributed by atoms with Crippen molar-refractivity contribution in [1.29, 1.82) is 0 Å². The molecule has 0 saturated heterocycles. The molecule has 6 N–H and O–H groups in total. The summed E-state index contributed by atoms with van der Waals surface area (Å²) < 4.78 is 4.91. The van der Waals surface area contributed by atoms with Gasteiger partial charge in [0, 0.05) is 12.1 Å². The Morgan fingerprint density at radius 2 is 1.65 bits per heavy atom. The van der Waals surface area contributed by atoms with Crippen molar-refractivity contribution in [2.45, 2.75) is 0 Å². The third-order valence-electron chi connectivity index (χ3n) is 1.99. The molecule has 0 spiro atoms. The smallest absolute Gasteiger partial charge is 0.319 e. The fourth-order valence-corrected chi connectivity index (χ4v) is 1.49. The molecular weight excluding hydrogens is 307 g/mol. The quantitative estimate of drug-likeness (QED) is 0.592. The van der Waals surface area contributed by atoms with Gasteiger partial charge in [-0.25, -0.2) is 0 Å². The molecular formula is C11H12Cl2N4O3. The molecule has 0 aliphatic heterocycles. The SMILES string of the molecule is COc1cc(Cl)c(Cl)cc1N.Nc1cc(O)nc(O)n1. The molecule has 108 valence electrons. The van der Waals surface area contributed by atoms with E-state index >= 15 is 0 Å². The van der Waals surface area contributed by atoms with Crippen LogP contribution in [0.4, 0.5) is 11.5 Å². The molecule has 2 aromatic rings. The third kappa shape index (κ3) is 4.52. The minimum absolute atomic E-state index is 0.0417. The lowest BCUT2D eigenvalue weighted by Crippen LogP contribution is -1.91. The topological polar surface area (TPSA) is 128 Å². The Morgan fingerprint density at radius 1 is 1.05 bits per heavy atom. The van der Waals surface area contributed by atoms with Gasteiger partial charge in [0.2, 0.25) is 5.88 Å². The summed E-state index contributed by atoms with van der Waals surface area (Å²) in [5.74, 6) is 0.249. The number of rotatable bonds is 1. The van der Waals surface area contributed by atoms with Crippen LogP contribution >= 0.6 is 23.2 Å². The normalized spacial score (nSPS) is 9.55. The maximum absolute atomic E-state index is 8.60. The van der Waals surface area contributed by atoms with Crippen molar-refractivity contribution < 1.29 is 14.9 Å². The lowest BCUT2D eigenvalue weighted by atomic mass is 10.3. The third-order valence-corrected chi connectivity index (χ3v) is 2.72. The molecule has 0 fully saturated rings. The van der Waals surface area contributed by atoms with Gasteiger partial charge in [-0.1, -0.05) is 23.2 Å². The second kappa shape index (κ2) is 6.88. The van der Waals surface area contributed by atoms with E-state index in [0.717, 1.165) is 6.07 Å². The highest BCUT2D eigenvalue weighted by Crippen LogP contribution is 2.31. The van der Waals surface area contributed by atoms with Crippen LogP contribution in [0.3, 0.4) is 0 Å². The molecule has 20 heavy (non-hydrogen) atoms. The van der Waals surface area contributed by atoms with E-state index in [9.17, 15) is 0 Å². The first kappa shape index (κ1) is 15.9. The van der Waals surface area contributed by atoms with Crippen LogP contribution < -0.4 is 16.2 Å². The fourth-order valence-electron chi connectivity index (χ4n) is 1.16. The Morgan fingerprint density at radius 3 is 2.15 bits per heavy atom. The van der Waals surface area contributed by atoms with E-state index in [1.807, 2.05) is 0 Å². The van der Waals surface area contributed by atoms with Gasteiger partial charge in [-0.05, 0) is 6.07 Å². The number of aromatic hydroxyl groups is 2. The number of nitrogen functional groups attached to an aromatic ring is 2. The van der Waals surface area contributed by atoms with Gasteiger partial charge in [0.1, 0.15) is 11.6 Å². The van der Waals surface area contributed by atoms with Gasteiger partial charge < -0.3 is 26.4 Å². The number of benzene rings is 1. The average molecular weight is 319 g/mol. The van der Waals surface area contributed by atoms with Crippen LogP contribution in [0.25, 0.3) is 0 Å². The molecule has 0 unspecified atom stereocenters. The first-order valence-electron chi connectivity index (χ1n) is 5.14. The van der Waals surface area contributed by atoms with E-state index in [-0.39, 0.29) is 11.7 Å². The zero-order chi connectivity index (χ0) is 15.3. The van der Waals surface area contributed by atoms with E-state index in [1.54, 1.807) is 12.1 Å². The highest BCUT2D eigenvalue weighted by atomic mass is 35.5. The van der Waals surface area contributed by atoms with E-state index in [4.69, 9.17) is 49.6 Å². The Bertz CT molecular complexity index is 560. The zero-order valence-electron chi connectivity index (χ0n) is 10.3. The van der Waals surface area contributed by atoms with Crippen molar-refractivity contribution in [3.63, 3.8) is 0 Å². The van der Waals surface area contributed by atoms with Crippen LogP contribution in [0.2, 0.25) is 10.0 Å². The molecule has 0 bridgehead atoms. The van der Waals surface area contributed by atoms with Crippen molar-refractivity contribution >= 4 is 34.7 Å². The van der Waals surface area contributed by atoms with Crippen LogP contribution in [-0.4, -0.2) is 27.3 Å². The van der Waals surface area contributed by atoms with E-state index in [1.165, 1.54) is 7.11 Å². The van der Waals surface area contributed by atoms with E-state index < -0.39 is 6.01 Å². The van der Waals surface area contributed by atoms with Gasteiger partial charge in [0.15, 0.2) is 0 Å². The standard InChI is InChI=1S/C7H7Cl2NO.C4H5N3O2/c1-11-7-3-5(9)4(8)2-6(7)10;5-2-1-3(8)7-4(9)6-2/h2-3H,10H2,1H3;1H,(H4,5,6,7,8,9). The highest BCUT2D eigenvalue weighted by Gasteiger charge is 2.03. The zero-order valence-corrected chi connectivity index (χ0v) is 11.9. The van der Waals surface area contributed by atoms with Crippen molar-refractivity contribution in [3.05, 3.63) is 28.2 Å². The molecule has 0 aliphatic rings. The lowest BCUT2D eigenvalue weighted by Gasteiger charge is -2.04. The minimum Gasteiger partial charge on any atom is -0.495 e. The molecule has 0 amide bonds. The van der Waals surface area contributed by atoms with Gasteiger partial charge in [0.05, 0.1) is 22.8 Å². The second-order valence-corrected chi connectivity index (χ2v) is 4.27. The number of hydrogen-bond acceptors (Lipinski definition) is 7. The molecule has 0 aliphatic carbocycles. The van der Waals surface area contributed by atoms with Crippen molar-refractivity contribution in [2.24, 2.45) is 0 Å². The molecule has 0 saturated carbocycles.